The molecule has 0 aromatic carbocycles. The number of ether oxygens (including phenoxy) is 19. The molecule has 13 aliphatic rings. The minimum Gasteiger partial charge on any atom is -0.459 e. The Balaban J connectivity index is 0.766. The van der Waals surface area contributed by atoms with Gasteiger partial charge in [-0.05, 0) is 196 Å². The van der Waals surface area contributed by atoms with Crippen molar-refractivity contribution in [3.8, 4) is 0 Å². The molecule has 0 aromatic heterocycles. The van der Waals surface area contributed by atoms with Crippen molar-refractivity contribution in [1.82, 2.24) is 0 Å². The van der Waals surface area contributed by atoms with Crippen LogP contribution in [0.25, 0.3) is 0 Å². The third-order valence-corrected chi connectivity index (χ3v) is 34.2. The van der Waals surface area contributed by atoms with E-state index in [0.29, 0.717) is 51.4 Å². The van der Waals surface area contributed by atoms with Gasteiger partial charge in [-0.1, -0.05) is 96.6 Å². The summed E-state index contributed by atoms with van der Waals surface area (Å²) in [7, 11) is 0. The van der Waals surface area contributed by atoms with Crippen LogP contribution in [0.5, 0.6) is 0 Å². The second-order valence-electron chi connectivity index (χ2n) is 45.4. The quantitative estimate of drug-likeness (QED) is 0.0130. The van der Waals surface area contributed by atoms with Crippen molar-refractivity contribution in [2.45, 2.75) is 438 Å². The molecule has 13 rings (SSSR count). The Kier molecular flexibility index (Phi) is 38.0. The SMILES string of the molecule is C=C[C@](C)(O)CC/C=C(\C)C(=O)O[C@H]1[C@H](O[C@@](C)(C=C)CC/C=C(\C)C(=O)OC[C@H]2O[C@@H](OC(=O)[C@]34CCC(C)(C)C[C@H]3C3=CC[C@@H]5[C@@]6(C)CC[C@H](O[C@@H]7O[C@H](CO[C@@H]8OC[C@H](O)[C@H](O)[C@H]8O[C@@H]8OC[C@@H](O)[C@H](O)[C@H]8O)[C@@H](O)[C@H](O)[C@H]7O)C(C)(C)C6CC[C@@]5(C)[C@]3(C)CC4)[C@H](O[C@@H]3O[C@@H](C)[C@H](O[C@@H]4OC[C@@H](O)[C@H](O[C@@H]5OC[C@@H](O)[C@H](O)[C@H]5O)[C@H]4O)[C@@H](O)[C@H]3O)[C@@H](OC(=O)/C(C)=C/CC[C@@](C)(O)C=C)[C@@H]2O)OC[C@@H](O)[C@@H]1O. The Bertz CT molecular complexity index is 4580. The molecule has 4 saturated carbocycles. The van der Waals surface area contributed by atoms with Crippen LogP contribution in [0.3, 0.4) is 0 Å². The molecular weight excluding hydrogens is 1930 g/mol. The number of carbonyl (C=O) groups is 4. The minimum absolute atomic E-state index is 0.00210. The molecule has 0 aromatic rings. The largest absolute Gasteiger partial charge is 0.459 e. The smallest absolute Gasteiger partial charge is 0.333 e. The lowest BCUT2D eigenvalue weighted by molar-refractivity contribution is -0.379. The summed E-state index contributed by atoms with van der Waals surface area (Å²) in [6.45, 7) is 33.4. The van der Waals surface area contributed by atoms with Crippen LogP contribution in [0.1, 0.15) is 200 Å². The van der Waals surface area contributed by atoms with Gasteiger partial charge in [-0.3, -0.25) is 4.79 Å². The second-order valence-corrected chi connectivity index (χ2v) is 45.4. The van der Waals surface area contributed by atoms with Crippen molar-refractivity contribution in [2.24, 2.45) is 50.2 Å². The summed E-state index contributed by atoms with van der Waals surface area (Å²) in [5.74, 6) is -4.24. The number of aliphatic hydroxyl groups excluding tert-OH is 18. The van der Waals surface area contributed by atoms with E-state index in [1.54, 1.807) is 19.9 Å². The Hall–Kier alpha value is -5.34. The summed E-state index contributed by atoms with van der Waals surface area (Å²) >= 11 is 0. The Morgan fingerprint density at radius 3 is 1.48 bits per heavy atom. The van der Waals surface area contributed by atoms with E-state index >= 15 is 4.79 Å². The molecule has 146 heavy (non-hydrogen) atoms. The molecule has 5 aliphatic carbocycles. The third kappa shape index (κ3) is 24.8. The lowest BCUT2D eigenvalue weighted by Crippen LogP contribution is -2.67. The summed E-state index contributed by atoms with van der Waals surface area (Å²) in [6.07, 6.45) is -44.4. The molecule has 0 bridgehead atoms. The predicted octanol–water partition coefficient (Wildman–Crippen LogP) is 0.128. The normalized spacial score (nSPS) is 45.5. The standard InChI is InChI=1S/C103H160O43/c1-18-97(12,126)31-21-24-49(5)84(123)139-79-69(114)60(46-128-83(122)48(4)26-23-33-99(14,20-3)146-92-81(67(112)57(107)44-133-92)140-85(124)50(6)25-22-32-98(13,127)19-2)137-93(82(79)144-89-75(120)71(116)77(51(7)135-89)141-88-76(121)78(58(108)45-131-88)142-86-72(117)64(109)54(104)41-129-86)145-94(125)103-38-36-95(8,9)40-53(103)52-27-28-62-100(15)34-30-63(96(10,11)61(100)29-35-102(62,17)101(52,16)37-39-103)138-90-74(119)70(115)68(113)59(136-90)47-134-91-80(66(111)56(106)43-132-91)143-87-73(118)65(110)55(105)42-130-87/h18-20,24-27,51,53-82,86-93,104-121,126-127H,1-3,21-23,28-47H2,4-17H3/b48-26+,49-24+,50-25+/t51-,53-,54+,55+,56-,57+,58+,59+,60+,61?,62+,63-,64-,65-,66-,67-,68+,69+,70-,71-,72+,73+,74+,75+,76+,77-,78-,79-,80+,81+,82+,86-,87-,88-,89-,90-,91-,92-,93-,97-,98-,99-,100-,101+,102+,103-/m0/s1. The van der Waals surface area contributed by atoms with Crippen LogP contribution in [0.4, 0.5) is 0 Å². The van der Waals surface area contributed by atoms with Gasteiger partial charge >= 0.3 is 23.9 Å². The lowest BCUT2D eigenvalue weighted by atomic mass is 9.33. The minimum atomic E-state index is -2.21. The molecule has 12 fully saturated rings. The Labute approximate surface area is 850 Å². The highest BCUT2D eigenvalue weighted by Gasteiger charge is 2.71. The number of carbonyl (C=O) groups excluding carboxylic acids is 4. The van der Waals surface area contributed by atoms with E-state index in [4.69, 9.17) is 90.0 Å². The van der Waals surface area contributed by atoms with Crippen LogP contribution in [-0.4, -0.2) is 410 Å². The van der Waals surface area contributed by atoms with Gasteiger partial charge in [0.25, 0.3) is 0 Å². The van der Waals surface area contributed by atoms with Gasteiger partial charge in [0.2, 0.25) is 6.29 Å². The van der Waals surface area contributed by atoms with E-state index in [-0.39, 0.29) is 90.8 Å². The summed E-state index contributed by atoms with van der Waals surface area (Å²) < 4.78 is 116. The van der Waals surface area contributed by atoms with E-state index in [2.05, 4.69) is 74.3 Å². The van der Waals surface area contributed by atoms with E-state index in [9.17, 15) is 117 Å². The van der Waals surface area contributed by atoms with Crippen LogP contribution in [0, 0.1) is 50.2 Å². The van der Waals surface area contributed by atoms with Gasteiger partial charge in [-0.15, -0.1) is 19.7 Å². The number of hydrogen-bond acceptors (Lipinski definition) is 43. The van der Waals surface area contributed by atoms with Gasteiger partial charge in [-0.25, -0.2) is 14.4 Å². The Morgan fingerprint density at radius 1 is 0.425 bits per heavy atom. The molecule has 8 saturated heterocycles. The topological polar surface area (TPSA) is 648 Å². The number of aliphatic hydroxyl groups is 20. The number of rotatable bonds is 36. The maximum Gasteiger partial charge on any atom is 0.333 e. The van der Waals surface area contributed by atoms with Crippen molar-refractivity contribution in [1.29, 1.82) is 0 Å². The monoisotopic (exact) mass is 2090 g/mol. The first-order valence-corrected chi connectivity index (χ1v) is 51.1. The van der Waals surface area contributed by atoms with Crippen molar-refractivity contribution in [3.63, 3.8) is 0 Å². The second kappa shape index (κ2) is 47.1. The van der Waals surface area contributed by atoms with Gasteiger partial charge in [0, 0.05) is 16.7 Å². The molecule has 1 unspecified atom stereocenters. The highest BCUT2D eigenvalue weighted by atomic mass is 16.8. The molecule has 43 nitrogen and oxygen atoms in total. The van der Waals surface area contributed by atoms with Crippen LogP contribution in [0.2, 0.25) is 0 Å². The first-order valence-electron chi connectivity index (χ1n) is 51.1. The zero-order chi connectivity index (χ0) is 107. The third-order valence-electron chi connectivity index (χ3n) is 34.2. The summed E-state index contributed by atoms with van der Waals surface area (Å²) in [5.41, 5.74) is -6.62. The fourth-order valence-corrected chi connectivity index (χ4v) is 24.2. The van der Waals surface area contributed by atoms with E-state index in [1.807, 2.05) is 0 Å². The van der Waals surface area contributed by atoms with Gasteiger partial charge in [-0.2, -0.15) is 0 Å². The van der Waals surface area contributed by atoms with Crippen LogP contribution in [-0.2, 0) is 109 Å². The molecule has 43 heteroatoms. The molecule has 8 aliphatic heterocycles. The zero-order valence-corrected chi connectivity index (χ0v) is 85.8. The van der Waals surface area contributed by atoms with Crippen molar-refractivity contribution in [3.05, 3.63) is 84.6 Å². The van der Waals surface area contributed by atoms with Crippen molar-refractivity contribution in [2.75, 3.05) is 46.2 Å². The highest BCUT2D eigenvalue weighted by molar-refractivity contribution is 5.89. The van der Waals surface area contributed by atoms with E-state index in [1.165, 1.54) is 65.0 Å². The Morgan fingerprint density at radius 2 is 0.897 bits per heavy atom. The average molecular weight is 2090 g/mol. The van der Waals surface area contributed by atoms with Crippen LogP contribution < -0.4 is 0 Å². The maximum atomic E-state index is 16.8. The predicted molar refractivity (Wildman–Crippen MR) is 505 cm³/mol. The summed E-state index contributed by atoms with van der Waals surface area (Å²) in [5, 5.41) is 223. The molecule has 830 valence electrons. The number of fused-ring (bicyclic) bond motifs is 7. The summed E-state index contributed by atoms with van der Waals surface area (Å²) in [6, 6.07) is 0. The first kappa shape index (κ1) is 118. The van der Waals surface area contributed by atoms with Crippen LogP contribution >= 0.6 is 0 Å². The molecular formula is C103H160O43. The van der Waals surface area contributed by atoms with Gasteiger partial charge in [0.05, 0.1) is 74.1 Å². The zero-order valence-electron chi connectivity index (χ0n) is 85.8. The van der Waals surface area contributed by atoms with Gasteiger partial charge < -0.3 is 192 Å². The molecule has 20 N–H and O–H groups in total. The van der Waals surface area contributed by atoms with Crippen LogP contribution in [0.15, 0.2) is 84.6 Å². The number of allylic oxidation sites excluding steroid dienone is 5. The first-order chi connectivity index (χ1) is 68.3. The van der Waals surface area contributed by atoms with Gasteiger partial charge in [0.15, 0.2) is 62.3 Å². The van der Waals surface area contributed by atoms with E-state index < -0.39 is 336 Å². The molecule has 46 atom stereocenters. The number of esters is 4. The van der Waals surface area contributed by atoms with Crippen molar-refractivity contribution < 1.29 is 211 Å². The fraction of sp³-hybridized carbons (Fsp3) is 0.825. The maximum absolute atomic E-state index is 16.8. The number of hydrogen-bond donors (Lipinski definition) is 20. The van der Waals surface area contributed by atoms with Crippen molar-refractivity contribution >= 4 is 23.9 Å². The lowest BCUT2D eigenvalue weighted by Gasteiger charge is -2.71. The summed E-state index contributed by atoms with van der Waals surface area (Å²) in [4.78, 5) is 59.7. The molecule has 0 spiro atoms. The molecule has 8 heterocycles. The van der Waals surface area contributed by atoms with E-state index in [0.717, 1.165) is 5.57 Å². The average Bonchev–Trinajstić information content (AvgIpc) is 0.672. The molecule has 0 radical (unpaired) electrons. The molecule has 0 amide bonds. The van der Waals surface area contributed by atoms with Gasteiger partial charge in [0.1, 0.15) is 147 Å². The fourth-order valence-electron chi connectivity index (χ4n) is 24.2. The highest BCUT2D eigenvalue weighted by Crippen LogP contribution is 2.76.